The highest BCUT2D eigenvalue weighted by Crippen LogP contribution is 2.40. The molecule has 1 aliphatic heterocycles. The van der Waals surface area contributed by atoms with E-state index in [9.17, 15) is 0 Å². The van der Waals surface area contributed by atoms with Crippen molar-refractivity contribution in [3.8, 4) is 11.1 Å². The van der Waals surface area contributed by atoms with Gasteiger partial charge in [-0.2, -0.15) is 0 Å². The van der Waals surface area contributed by atoms with Gasteiger partial charge in [0.25, 0.3) is 0 Å². The number of aromatic nitrogens is 1. The van der Waals surface area contributed by atoms with Crippen molar-refractivity contribution in [2.24, 2.45) is 9.98 Å². The van der Waals surface area contributed by atoms with E-state index in [1.54, 1.807) is 12.4 Å². The summed E-state index contributed by atoms with van der Waals surface area (Å²) in [6, 6.07) is 46.3. The average Bonchev–Trinajstić information content (AvgIpc) is 3.88. The lowest BCUT2D eigenvalue weighted by Gasteiger charge is -2.24. The Hall–Kier alpha value is -6.57. The Morgan fingerprint density at radius 2 is 1.29 bits per heavy atom. The van der Waals surface area contributed by atoms with E-state index in [4.69, 9.17) is 18.8 Å². The van der Waals surface area contributed by atoms with Crippen LogP contribution in [0.3, 0.4) is 0 Å². The number of pyridine rings is 1. The smallest absolute Gasteiger partial charge is 0.160 e. The predicted octanol–water partition coefficient (Wildman–Crippen LogP) is 11.4. The molecule has 1 unspecified atom stereocenters. The molecule has 11 rings (SSSR count). The van der Waals surface area contributed by atoms with Gasteiger partial charge in [0.15, 0.2) is 11.4 Å². The first kappa shape index (κ1) is 28.3. The predicted molar refractivity (Wildman–Crippen MR) is 209 cm³/mol. The molecule has 0 fully saturated rings. The van der Waals surface area contributed by atoms with Gasteiger partial charge in [-0.25, -0.2) is 9.98 Å². The molecule has 0 spiro atoms. The van der Waals surface area contributed by atoms with E-state index in [1.165, 1.54) is 20.2 Å². The van der Waals surface area contributed by atoms with Crippen molar-refractivity contribution in [3.05, 3.63) is 163 Å². The number of hydrogen-bond donors (Lipinski definition) is 1. The van der Waals surface area contributed by atoms with Gasteiger partial charge in [-0.15, -0.1) is 11.3 Å². The van der Waals surface area contributed by atoms with Crippen LogP contribution in [0, 0.1) is 0 Å². The van der Waals surface area contributed by atoms with Gasteiger partial charge in [-0.3, -0.25) is 4.98 Å². The second-order valence-electron chi connectivity index (χ2n) is 12.9. The number of aliphatic imine (C=N–C) groups is 2. The van der Waals surface area contributed by atoms with E-state index in [2.05, 4.69) is 101 Å². The number of para-hydroxylation sites is 1. The molecule has 10 aromatic rings. The Morgan fingerprint density at radius 1 is 0.549 bits per heavy atom. The summed E-state index contributed by atoms with van der Waals surface area (Å²) in [6.45, 7) is 0. The SMILES string of the molecule is c1ccc(C2N=C(c3cc(-c4ccc5c(c4)sc4ccccc45)cc4oc5cnccc5c34)N=C(c3ccc4c(c3)oc3ccccc34)N2)cc1. The molecule has 7 heteroatoms. The Balaban J connectivity index is 1.13. The Labute approximate surface area is 295 Å². The van der Waals surface area contributed by atoms with E-state index >= 15 is 0 Å². The number of nitrogens with one attached hydrogen (secondary N) is 1. The van der Waals surface area contributed by atoms with E-state index in [1.807, 2.05) is 53.8 Å². The highest BCUT2D eigenvalue weighted by atomic mass is 32.1. The summed E-state index contributed by atoms with van der Waals surface area (Å²) in [5.41, 5.74) is 8.14. The van der Waals surface area contributed by atoms with Crippen molar-refractivity contribution in [1.29, 1.82) is 0 Å². The molecule has 0 bridgehead atoms. The van der Waals surface area contributed by atoms with Gasteiger partial charge in [0.1, 0.15) is 28.8 Å². The van der Waals surface area contributed by atoms with Crippen molar-refractivity contribution in [2.45, 2.75) is 6.17 Å². The lowest BCUT2D eigenvalue weighted by molar-refractivity contribution is 0.666. The lowest BCUT2D eigenvalue weighted by Crippen LogP contribution is -2.33. The third-order valence-electron chi connectivity index (χ3n) is 9.84. The molecule has 0 amide bonds. The first-order valence-corrected chi connectivity index (χ1v) is 17.7. The molecule has 240 valence electrons. The molecule has 1 aliphatic rings. The summed E-state index contributed by atoms with van der Waals surface area (Å²) in [4.78, 5) is 14.9. The summed E-state index contributed by atoms with van der Waals surface area (Å²) in [6.07, 6.45) is 3.21. The van der Waals surface area contributed by atoms with Crippen molar-refractivity contribution >= 4 is 87.1 Å². The maximum Gasteiger partial charge on any atom is 0.160 e. The zero-order chi connectivity index (χ0) is 33.5. The van der Waals surface area contributed by atoms with Crippen molar-refractivity contribution in [3.63, 3.8) is 0 Å². The van der Waals surface area contributed by atoms with Crippen LogP contribution in [0.15, 0.2) is 165 Å². The third kappa shape index (κ3) is 4.52. The first-order chi connectivity index (χ1) is 25.2. The molecule has 0 radical (unpaired) electrons. The summed E-state index contributed by atoms with van der Waals surface area (Å²) in [7, 11) is 0. The fourth-order valence-electron chi connectivity index (χ4n) is 7.40. The largest absolute Gasteiger partial charge is 0.456 e. The standard InChI is InChI=1S/C44H26N4O2S/c1-2-8-25(9-3-1)42-46-43(27-15-16-30-29-10-4-6-12-35(29)49-36(30)21-27)48-44(47-42)34-20-28(22-37-41(34)33-18-19-45-24-38(33)50-37)26-14-17-32-31-11-5-7-13-39(31)51-40(32)23-26/h1-24,42H,(H,46,47,48). The van der Waals surface area contributed by atoms with Crippen molar-refractivity contribution in [2.75, 3.05) is 0 Å². The van der Waals surface area contributed by atoms with E-state index in [0.717, 1.165) is 77.5 Å². The van der Waals surface area contributed by atoms with Crippen LogP contribution in [0.4, 0.5) is 0 Å². The van der Waals surface area contributed by atoms with Gasteiger partial charge in [-0.05, 0) is 65.2 Å². The molecule has 6 nitrogen and oxygen atoms in total. The molecule has 0 saturated carbocycles. The van der Waals surface area contributed by atoms with Crippen LogP contribution in [-0.2, 0) is 0 Å². The van der Waals surface area contributed by atoms with Gasteiger partial charge >= 0.3 is 0 Å². The maximum absolute atomic E-state index is 6.49. The van der Waals surface area contributed by atoms with Gasteiger partial charge in [-0.1, -0.05) is 84.9 Å². The summed E-state index contributed by atoms with van der Waals surface area (Å²) in [5.74, 6) is 1.34. The lowest BCUT2D eigenvalue weighted by atomic mass is 9.97. The van der Waals surface area contributed by atoms with Crippen molar-refractivity contribution in [1.82, 2.24) is 10.3 Å². The summed E-state index contributed by atoms with van der Waals surface area (Å²) < 4.78 is 15.3. The van der Waals surface area contributed by atoms with Crippen LogP contribution in [-0.4, -0.2) is 16.7 Å². The minimum atomic E-state index is -0.367. The van der Waals surface area contributed by atoms with Crippen molar-refractivity contribution < 1.29 is 8.83 Å². The number of benzene rings is 6. The van der Waals surface area contributed by atoms with E-state index in [0.29, 0.717) is 5.84 Å². The molecule has 51 heavy (non-hydrogen) atoms. The second kappa shape index (κ2) is 11.0. The van der Waals surface area contributed by atoms with Gasteiger partial charge in [0, 0.05) is 59.0 Å². The Bertz CT molecular complexity index is 3080. The molecule has 4 aromatic heterocycles. The Kier molecular flexibility index (Phi) is 6.08. The summed E-state index contributed by atoms with van der Waals surface area (Å²) >= 11 is 1.81. The maximum atomic E-state index is 6.49. The number of furan rings is 2. The Morgan fingerprint density at radius 3 is 2.24 bits per heavy atom. The number of amidine groups is 2. The molecule has 1 N–H and O–H groups in total. The molecule has 0 saturated heterocycles. The topological polar surface area (TPSA) is 75.9 Å². The number of rotatable bonds is 4. The number of thiophene rings is 1. The first-order valence-electron chi connectivity index (χ1n) is 16.9. The van der Waals surface area contributed by atoms with Gasteiger partial charge in [0.05, 0.1) is 6.20 Å². The highest BCUT2D eigenvalue weighted by Gasteiger charge is 2.25. The summed E-state index contributed by atoms with van der Waals surface area (Å²) in [5, 5.41) is 10.3. The molecular weight excluding hydrogens is 649 g/mol. The molecular formula is C44H26N4O2S. The highest BCUT2D eigenvalue weighted by molar-refractivity contribution is 7.25. The molecule has 5 heterocycles. The second-order valence-corrected chi connectivity index (χ2v) is 13.9. The number of hydrogen-bond acceptors (Lipinski definition) is 7. The molecule has 0 aliphatic carbocycles. The minimum Gasteiger partial charge on any atom is -0.456 e. The van der Waals surface area contributed by atoms with E-state index < -0.39 is 0 Å². The van der Waals surface area contributed by atoms with Crippen LogP contribution in [0.25, 0.3) is 75.2 Å². The van der Waals surface area contributed by atoms with Crippen LogP contribution in [0.2, 0.25) is 0 Å². The fraction of sp³-hybridized carbons (Fsp3) is 0.0227. The van der Waals surface area contributed by atoms with Crippen LogP contribution >= 0.6 is 11.3 Å². The van der Waals surface area contributed by atoms with Gasteiger partial charge < -0.3 is 14.2 Å². The zero-order valence-corrected chi connectivity index (χ0v) is 27.8. The molecule has 1 atom stereocenters. The van der Waals surface area contributed by atoms with Crippen LogP contribution < -0.4 is 5.32 Å². The monoisotopic (exact) mass is 674 g/mol. The van der Waals surface area contributed by atoms with Crippen LogP contribution in [0.1, 0.15) is 22.9 Å². The third-order valence-corrected chi connectivity index (χ3v) is 11.0. The normalized spacial score (nSPS) is 14.9. The molecule has 6 aromatic carbocycles. The average molecular weight is 675 g/mol. The fourth-order valence-corrected chi connectivity index (χ4v) is 8.55. The zero-order valence-electron chi connectivity index (χ0n) is 27.0. The van der Waals surface area contributed by atoms with Gasteiger partial charge in [0.2, 0.25) is 0 Å². The quantitative estimate of drug-likeness (QED) is 0.202. The number of fused-ring (bicyclic) bond motifs is 9. The van der Waals surface area contributed by atoms with E-state index in [-0.39, 0.29) is 6.17 Å². The number of nitrogens with zero attached hydrogens (tertiary/aromatic N) is 3. The minimum absolute atomic E-state index is 0.367. The van der Waals surface area contributed by atoms with Crippen LogP contribution in [0.5, 0.6) is 0 Å².